The lowest BCUT2D eigenvalue weighted by molar-refractivity contribution is -0.0659. The van der Waals surface area contributed by atoms with E-state index in [0.29, 0.717) is 10.8 Å². The van der Waals surface area contributed by atoms with Crippen LogP contribution in [-0.4, -0.2) is 43.7 Å². The molecule has 1 saturated heterocycles. The second-order valence-electron chi connectivity index (χ2n) is 4.56. The molecule has 1 aromatic carbocycles. The van der Waals surface area contributed by atoms with Crippen LogP contribution in [0, 0.1) is 0 Å². The Bertz CT molecular complexity index is 362. The normalized spacial score (nSPS) is 18.2. The van der Waals surface area contributed by atoms with Crippen molar-refractivity contribution in [2.24, 2.45) is 0 Å². The zero-order valence-electron chi connectivity index (χ0n) is 10.8. The van der Waals surface area contributed by atoms with Crippen molar-refractivity contribution >= 4 is 11.6 Å². The molecule has 1 atom stereocenters. The first-order chi connectivity index (χ1) is 9.24. The van der Waals surface area contributed by atoms with Crippen LogP contribution < -0.4 is 4.74 Å². The third-order valence-electron chi connectivity index (χ3n) is 2.95. The summed E-state index contributed by atoms with van der Waals surface area (Å²) >= 11 is 5.77. The molecule has 0 bridgehead atoms. The van der Waals surface area contributed by atoms with Crippen LogP contribution in [0.2, 0.25) is 5.02 Å². The molecule has 5 heteroatoms. The highest BCUT2D eigenvalue weighted by molar-refractivity contribution is 6.30. The molecule has 106 valence electrons. The minimum atomic E-state index is -0.626. The summed E-state index contributed by atoms with van der Waals surface area (Å²) in [6.45, 7) is 1.98. The van der Waals surface area contributed by atoms with Crippen molar-refractivity contribution in [2.75, 3.05) is 26.4 Å². The Hall–Kier alpha value is -0.810. The number of rotatable bonds is 6. The van der Waals surface area contributed by atoms with Gasteiger partial charge in [-0.1, -0.05) is 11.6 Å². The van der Waals surface area contributed by atoms with Crippen LogP contribution in [-0.2, 0) is 9.47 Å². The molecule has 0 saturated carbocycles. The van der Waals surface area contributed by atoms with E-state index in [2.05, 4.69) is 0 Å². The lowest BCUT2D eigenvalue weighted by Crippen LogP contribution is -2.30. The van der Waals surface area contributed by atoms with E-state index in [1.807, 2.05) is 0 Å². The van der Waals surface area contributed by atoms with Crippen LogP contribution >= 0.6 is 11.6 Å². The molecule has 0 aromatic heterocycles. The number of hydrogen-bond acceptors (Lipinski definition) is 4. The van der Waals surface area contributed by atoms with Gasteiger partial charge in [0.25, 0.3) is 0 Å². The Labute approximate surface area is 118 Å². The zero-order valence-corrected chi connectivity index (χ0v) is 11.5. The van der Waals surface area contributed by atoms with Gasteiger partial charge >= 0.3 is 0 Å². The van der Waals surface area contributed by atoms with E-state index in [0.717, 1.165) is 26.1 Å². The summed E-state index contributed by atoms with van der Waals surface area (Å²) in [6, 6.07) is 7.05. The Morgan fingerprint density at radius 3 is 2.58 bits per heavy atom. The van der Waals surface area contributed by atoms with Crippen LogP contribution in [0.3, 0.4) is 0 Å². The SMILES string of the molecule is OC(COc1ccc(Cl)cc1)COC1CCOCC1. The molecule has 0 amide bonds. The third kappa shape index (κ3) is 5.37. The minimum absolute atomic E-state index is 0.193. The Morgan fingerprint density at radius 2 is 1.89 bits per heavy atom. The van der Waals surface area contributed by atoms with Gasteiger partial charge in [0.1, 0.15) is 18.5 Å². The molecule has 1 aliphatic rings. The van der Waals surface area contributed by atoms with Crippen molar-refractivity contribution in [3.63, 3.8) is 0 Å². The zero-order chi connectivity index (χ0) is 13.5. The molecule has 1 fully saturated rings. The largest absolute Gasteiger partial charge is 0.491 e. The molecule has 0 aliphatic carbocycles. The highest BCUT2D eigenvalue weighted by Gasteiger charge is 2.16. The maximum atomic E-state index is 9.79. The highest BCUT2D eigenvalue weighted by atomic mass is 35.5. The van der Waals surface area contributed by atoms with Gasteiger partial charge in [-0.25, -0.2) is 0 Å². The summed E-state index contributed by atoms with van der Waals surface area (Å²) in [7, 11) is 0. The first-order valence-electron chi connectivity index (χ1n) is 6.50. The smallest absolute Gasteiger partial charge is 0.119 e. The fraction of sp³-hybridized carbons (Fsp3) is 0.571. The standard InChI is InChI=1S/C14H19ClO4/c15-11-1-3-13(4-2-11)18-9-12(16)10-19-14-5-7-17-8-6-14/h1-4,12,14,16H,5-10H2. The Kier molecular flexibility index (Phi) is 5.92. The van der Waals surface area contributed by atoms with Gasteiger partial charge in [0.2, 0.25) is 0 Å². The minimum Gasteiger partial charge on any atom is -0.491 e. The molecule has 1 N–H and O–H groups in total. The average Bonchev–Trinajstić information content (AvgIpc) is 2.45. The van der Waals surface area contributed by atoms with Crippen LogP contribution in [0.5, 0.6) is 5.75 Å². The molecule has 1 unspecified atom stereocenters. The van der Waals surface area contributed by atoms with Gasteiger partial charge in [-0.05, 0) is 37.1 Å². The Balaban J connectivity index is 1.63. The number of ether oxygens (including phenoxy) is 3. The van der Waals surface area contributed by atoms with Gasteiger partial charge in [-0.15, -0.1) is 0 Å². The number of benzene rings is 1. The van der Waals surface area contributed by atoms with Crippen LogP contribution in [0.1, 0.15) is 12.8 Å². The van der Waals surface area contributed by atoms with Gasteiger partial charge in [-0.2, -0.15) is 0 Å². The molecular formula is C14H19ClO4. The van der Waals surface area contributed by atoms with Crippen LogP contribution in [0.4, 0.5) is 0 Å². The first kappa shape index (κ1) is 14.6. The summed E-state index contributed by atoms with van der Waals surface area (Å²) in [5.41, 5.74) is 0. The summed E-state index contributed by atoms with van der Waals surface area (Å²) in [4.78, 5) is 0. The van der Waals surface area contributed by atoms with Crippen molar-refractivity contribution in [1.29, 1.82) is 0 Å². The monoisotopic (exact) mass is 286 g/mol. The highest BCUT2D eigenvalue weighted by Crippen LogP contribution is 2.16. The van der Waals surface area contributed by atoms with Crippen LogP contribution in [0.15, 0.2) is 24.3 Å². The molecule has 0 spiro atoms. The average molecular weight is 287 g/mol. The molecule has 1 aromatic rings. The summed E-state index contributed by atoms with van der Waals surface area (Å²) in [6.07, 6.45) is 1.35. The van der Waals surface area contributed by atoms with Gasteiger partial charge in [-0.3, -0.25) is 0 Å². The fourth-order valence-corrected chi connectivity index (χ4v) is 1.99. The van der Waals surface area contributed by atoms with E-state index < -0.39 is 6.10 Å². The van der Waals surface area contributed by atoms with Crippen molar-refractivity contribution in [3.8, 4) is 5.75 Å². The lowest BCUT2D eigenvalue weighted by Gasteiger charge is -2.23. The van der Waals surface area contributed by atoms with Crippen molar-refractivity contribution < 1.29 is 19.3 Å². The Morgan fingerprint density at radius 1 is 1.21 bits per heavy atom. The molecule has 19 heavy (non-hydrogen) atoms. The number of hydrogen-bond donors (Lipinski definition) is 1. The van der Waals surface area contributed by atoms with E-state index >= 15 is 0 Å². The molecule has 0 radical (unpaired) electrons. The molecule has 4 nitrogen and oxygen atoms in total. The van der Waals surface area contributed by atoms with Crippen LogP contribution in [0.25, 0.3) is 0 Å². The number of aliphatic hydroxyl groups is 1. The molecule has 2 rings (SSSR count). The predicted molar refractivity (Wildman–Crippen MR) is 72.7 cm³/mol. The predicted octanol–water partition coefficient (Wildman–Crippen LogP) is 2.28. The molecule has 1 aliphatic heterocycles. The second kappa shape index (κ2) is 7.70. The van der Waals surface area contributed by atoms with Crippen molar-refractivity contribution in [3.05, 3.63) is 29.3 Å². The van der Waals surface area contributed by atoms with E-state index in [1.54, 1.807) is 24.3 Å². The van der Waals surface area contributed by atoms with Gasteiger partial charge in [0, 0.05) is 18.2 Å². The maximum Gasteiger partial charge on any atom is 0.119 e. The van der Waals surface area contributed by atoms with E-state index in [1.165, 1.54) is 0 Å². The van der Waals surface area contributed by atoms with Gasteiger partial charge < -0.3 is 19.3 Å². The second-order valence-corrected chi connectivity index (χ2v) is 5.00. The van der Waals surface area contributed by atoms with Gasteiger partial charge in [0.15, 0.2) is 0 Å². The first-order valence-corrected chi connectivity index (χ1v) is 6.87. The lowest BCUT2D eigenvalue weighted by atomic mass is 10.1. The number of halogens is 1. The number of aliphatic hydroxyl groups excluding tert-OH is 1. The quantitative estimate of drug-likeness (QED) is 0.871. The molecular weight excluding hydrogens is 268 g/mol. The van der Waals surface area contributed by atoms with Crippen molar-refractivity contribution in [1.82, 2.24) is 0 Å². The van der Waals surface area contributed by atoms with E-state index in [9.17, 15) is 5.11 Å². The summed E-state index contributed by atoms with van der Waals surface area (Å²) in [5, 5.41) is 10.5. The van der Waals surface area contributed by atoms with E-state index in [-0.39, 0.29) is 19.3 Å². The topological polar surface area (TPSA) is 47.9 Å². The maximum absolute atomic E-state index is 9.79. The summed E-state index contributed by atoms with van der Waals surface area (Å²) in [5.74, 6) is 0.689. The fourth-order valence-electron chi connectivity index (χ4n) is 1.86. The molecule has 1 heterocycles. The third-order valence-corrected chi connectivity index (χ3v) is 3.20. The summed E-state index contributed by atoms with van der Waals surface area (Å²) < 4.78 is 16.3. The van der Waals surface area contributed by atoms with E-state index in [4.69, 9.17) is 25.8 Å². The van der Waals surface area contributed by atoms with Gasteiger partial charge in [0.05, 0.1) is 12.7 Å². The van der Waals surface area contributed by atoms with Crippen molar-refractivity contribution in [2.45, 2.75) is 25.0 Å².